The monoisotopic (exact) mass is 182 g/mol. The highest BCUT2D eigenvalue weighted by Gasteiger charge is 2.60. The van der Waals surface area contributed by atoms with Gasteiger partial charge in [-0.2, -0.15) is 0 Å². The predicted octanol–water partition coefficient (Wildman–Crippen LogP) is 3.10. The third-order valence-electron chi connectivity index (χ3n) is 4.64. The van der Waals surface area contributed by atoms with Gasteiger partial charge in [-0.1, -0.05) is 27.7 Å². The lowest BCUT2D eigenvalue weighted by Gasteiger charge is -2.64. The molecule has 2 aliphatic heterocycles. The molecule has 76 valence electrons. The third kappa shape index (κ3) is 1.16. The van der Waals surface area contributed by atoms with Crippen molar-refractivity contribution < 1.29 is 4.74 Å². The lowest BCUT2D eigenvalue weighted by Crippen LogP contribution is -2.60. The van der Waals surface area contributed by atoms with Gasteiger partial charge >= 0.3 is 0 Å². The number of rotatable bonds is 2. The van der Waals surface area contributed by atoms with Gasteiger partial charge in [0.25, 0.3) is 0 Å². The standard InChI is InChI=1S/C12H22O/c1-9(2)11-5-12(6-11,10(3)4)8-13-7-11/h9-10H,5-8H2,1-4H3. The maximum atomic E-state index is 5.76. The normalized spacial score (nSPS) is 43.8. The van der Waals surface area contributed by atoms with Gasteiger partial charge < -0.3 is 4.74 Å². The van der Waals surface area contributed by atoms with Crippen LogP contribution in [0.3, 0.4) is 0 Å². The van der Waals surface area contributed by atoms with Crippen LogP contribution in [-0.2, 0) is 4.74 Å². The number of fused-ring (bicyclic) bond motifs is 2. The zero-order valence-corrected chi connectivity index (χ0v) is 9.39. The minimum absolute atomic E-state index is 0.544. The van der Waals surface area contributed by atoms with E-state index >= 15 is 0 Å². The summed E-state index contributed by atoms with van der Waals surface area (Å²) >= 11 is 0. The first-order valence-corrected chi connectivity index (χ1v) is 5.59. The molecular formula is C12H22O. The molecule has 0 N–H and O–H groups in total. The molecule has 0 aromatic rings. The van der Waals surface area contributed by atoms with Crippen LogP contribution >= 0.6 is 0 Å². The molecule has 0 unspecified atom stereocenters. The quantitative estimate of drug-likeness (QED) is 0.637. The first-order chi connectivity index (χ1) is 6.01. The number of hydrogen-bond acceptors (Lipinski definition) is 1. The Labute approximate surface area is 81.9 Å². The van der Waals surface area contributed by atoms with E-state index in [9.17, 15) is 0 Å². The van der Waals surface area contributed by atoms with E-state index in [1.807, 2.05) is 0 Å². The van der Waals surface area contributed by atoms with Crippen molar-refractivity contribution in [3.8, 4) is 0 Å². The maximum absolute atomic E-state index is 5.76. The molecule has 0 spiro atoms. The van der Waals surface area contributed by atoms with Crippen molar-refractivity contribution in [2.75, 3.05) is 13.2 Å². The summed E-state index contributed by atoms with van der Waals surface area (Å²) in [5.74, 6) is 1.58. The molecule has 3 rings (SSSR count). The van der Waals surface area contributed by atoms with Gasteiger partial charge in [-0.25, -0.2) is 0 Å². The Morgan fingerprint density at radius 1 is 0.846 bits per heavy atom. The molecule has 2 saturated heterocycles. The van der Waals surface area contributed by atoms with Gasteiger partial charge in [0, 0.05) is 0 Å². The van der Waals surface area contributed by atoms with Crippen LogP contribution in [0.4, 0.5) is 0 Å². The number of ether oxygens (including phenoxy) is 1. The Hall–Kier alpha value is -0.0400. The zero-order chi connectivity index (χ0) is 9.69. The summed E-state index contributed by atoms with van der Waals surface area (Å²) in [7, 11) is 0. The summed E-state index contributed by atoms with van der Waals surface area (Å²) in [6, 6.07) is 0. The fourth-order valence-electron chi connectivity index (χ4n) is 3.16. The molecule has 13 heavy (non-hydrogen) atoms. The van der Waals surface area contributed by atoms with E-state index in [1.165, 1.54) is 12.8 Å². The molecule has 2 heterocycles. The van der Waals surface area contributed by atoms with Crippen LogP contribution in [0.1, 0.15) is 40.5 Å². The van der Waals surface area contributed by atoms with Crippen LogP contribution in [0.25, 0.3) is 0 Å². The second-order valence-electron chi connectivity index (χ2n) is 5.88. The summed E-state index contributed by atoms with van der Waals surface area (Å²) in [5, 5.41) is 0. The lowest BCUT2D eigenvalue weighted by molar-refractivity contribution is -0.229. The van der Waals surface area contributed by atoms with Crippen LogP contribution in [0, 0.1) is 22.7 Å². The van der Waals surface area contributed by atoms with Crippen LogP contribution in [0.15, 0.2) is 0 Å². The molecule has 1 saturated carbocycles. The Morgan fingerprint density at radius 3 is 1.54 bits per heavy atom. The molecule has 0 radical (unpaired) electrons. The predicted molar refractivity (Wildman–Crippen MR) is 54.6 cm³/mol. The summed E-state index contributed by atoms with van der Waals surface area (Å²) < 4.78 is 5.76. The molecule has 3 aliphatic rings. The number of hydrogen-bond donors (Lipinski definition) is 0. The van der Waals surface area contributed by atoms with E-state index in [-0.39, 0.29) is 0 Å². The highest BCUT2D eigenvalue weighted by molar-refractivity contribution is 5.08. The minimum Gasteiger partial charge on any atom is -0.380 e. The lowest BCUT2D eigenvalue weighted by atomic mass is 9.45. The molecule has 1 nitrogen and oxygen atoms in total. The Kier molecular flexibility index (Phi) is 1.99. The van der Waals surface area contributed by atoms with E-state index < -0.39 is 0 Å². The topological polar surface area (TPSA) is 9.23 Å². The van der Waals surface area contributed by atoms with Crippen LogP contribution < -0.4 is 0 Å². The molecule has 0 aromatic carbocycles. The first-order valence-electron chi connectivity index (χ1n) is 5.59. The molecular weight excluding hydrogens is 160 g/mol. The molecule has 0 amide bonds. The SMILES string of the molecule is CC(C)C12COCC(C(C)C)(C1)C2. The van der Waals surface area contributed by atoms with Crippen molar-refractivity contribution in [2.45, 2.75) is 40.5 Å². The average Bonchev–Trinajstić information content (AvgIpc) is 2.02. The van der Waals surface area contributed by atoms with Gasteiger partial charge in [-0.15, -0.1) is 0 Å². The Balaban J connectivity index is 2.11. The van der Waals surface area contributed by atoms with E-state index in [1.54, 1.807) is 0 Å². The average molecular weight is 182 g/mol. The molecule has 3 fully saturated rings. The molecule has 1 aliphatic carbocycles. The smallest absolute Gasteiger partial charge is 0.0525 e. The van der Waals surface area contributed by atoms with Gasteiger partial charge in [-0.3, -0.25) is 0 Å². The van der Waals surface area contributed by atoms with E-state index in [4.69, 9.17) is 4.74 Å². The molecule has 0 atom stereocenters. The second kappa shape index (κ2) is 2.73. The van der Waals surface area contributed by atoms with Crippen molar-refractivity contribution in [2.24, 2.45) is 22.7 Å². The summed E-state index contributed by atoms with van der Waals surface area (Å²) in [5.41, 5.74) is 1.09. The van der Waals surface area contributed by atoms with Crippen molar-refractivity contribution in [3.05, 3.63) is 0 Å². The van der Waals surface area contributed by atoms with Gasteiger partial charge in [0.15, 0.2) is 0 Å². The molecule has 0 aromatic heterocycles. The van der Waals surface area contributed by atoms with Gasteiger partial charge in [0.05, 0.1) is 13.2 Å². The van der Waals surface area contributed by atoms with E-state index in [2.05, 4.69) is 27.7 Å². The Bertz CT molecular complexity index is 179. The maximum Gasteiger partial charge on any atom is 0.0525 e. The van der Waals surface area contributed by atoms with Gasteiger partial charge in [0.2, 0.25) is 0 Å². The summed E-state index contributed by atoms with van der Waals surface area (Å²) in [6.45, 7) is 11.4. The largest absolute Gasteiger partial charge is 0.380 e. The van der Waals surface area contributed by atoms with Crippen molar-refractivity contribution >= 4 is 0 Å². The fourth-order valence-corrected chi connectivity index (χ4v) is 3.16. The highest BCUT2D eigenvalue weighted by atomic mass is 16.5. The van der Waals surface area contributed by atoms with E-state index in [0.29, 0.717) is 10.8 Å². The van der Waals surface area contributed by atoms with Crippen molar-refractivity contribution in [1.29, 1.82) is 0 Å². The third-order valence-corrected chi connectivity index (χ3v) is 4.64. The van der Waals surface area contributed by atoms with Gasteiger partial charge in [0.1, 0.15) is 0 Å². The van der Waals surface area contributed by atoms with Crippen molar-refractivity contribution in [1.82, 2.24) is 0 Å². The van der Waals surface area contributed by atoms with Gasteiger partial charge in [-0.05, 0) is 35.5 Å². The molecule has 2 bridgehead atoms. The molecule has 1 heteroatoms. The van der Waals surface area contributed by atoms with Crippen LogP contribution in [-0.4, -0.2) is 13.2 Å². The first kappa shape index (κ1) is 9.51. The summed E-state index contributed by atoms with van der Waals surface area (Å²) in [4.78, 5) is 0. The van der Waals surface area contributed by atoms with Crippen molar-refractivity contribution in [3.63, 3.8) is 0 Å². The zero-order valence-electron chi connectivity index (χ0n) is 9.39. The fraction of sp³-hybridized carbons (Fsp3) is 1.00. The van der Waals surface area contributed by atoms with E-state index in [0.717, 1.165) is 25.0 Å². The van der Waals surface area contributed by atoms with Crippen LogP contribution in [0.2, 0.25) is 0 Å². The highest BCUT2D eigenvalue weighted by Crippen LogP contribution is 2.64. The minimum atomic E-state index is 0.544. The second-order valence-corrected chi connectivity index (χ2v) is 5.88. The van der Waals surface area contributed by atoms with Crippen LogP contribution in [0.5, 0.6) is 0 Å². The Morgan fingerprint density at radius 2 is 1.23 bits per heavy atom. The summed E-state index contributed by atoms with van der Waals surface area (Å²) in [6.07, 6.45) is 2.82.